The molecule has 0 radical (unpaired) electrons. The molecule has 0 saturated heterocycles. The molecule has 0 N–H and O–H groups in total. The van der Waals surface area contributed by atoms with Crippen molar-refractivity contribution in [3.8, 4) is 0 Å². The smallest absolute Gasteiger partial charge is 0.319 e. The maximum Gasteiger partial charge on any atom is 0.319 e. The summed E-state index contributed by atoms with van der Waals surface area (Å²) in [6.45, 7) is 9.33. The van der Waals surface area contributed by atoms with Crippen molar-refractivity contribution >= 4 is 17.7 Å². The number of thioether (sulfide) groups is 1. The van der Waals surface area contributed by atoms with Crippen LogP contribution >= 0.6 is 11.8 Å². The lowest BCUT2D eigenvalue weighted by Crippen LogP contribution is -2.27. The average Bonchev–Trinajstić information content (AvgIpc) is 2.28. The first-order valence-electron chi connectivity index (χ1n) is 7.29. The molecule has 0 saturated carbocycles. The number of hydrogen-bond acceptors (Lipinski definition) is 3. The molecule has 0 amide bonds. The highest BCUT2D eigenvalue weighted by Crippen LogP contribution is 2.25. The monoisotopic (exact) mass is 310 g/mol. The number of rotatable bonds is 10. The highest BCUT2D eigenvalue weighted by molar-refractivity contribution is 8.00. The molecule has 0 aliphatic heterocycles. The standard InChI is InChI=1S/C15H28F2O2S/c1-11(2)10-19-14(18)13(12(3)4)20-9-7-6-8-15(5,16)17/h11-13H,6-10H2,1-5H3. The van der Waals surface area contributed by atoms with Crippen LogP contribution < -0.4 is 0 Å². The van der Waals surface area contributed by atoms with Crippen molar-refractivity contribution < 1.29 is 18.3 Å². The van der Waals surface area contributed by atoms with Gasteiger partial charge in [-0.1, -0.05) is 27.7 Å². The van der Waals surface area contributed by atoms with Gasteiger partial charge in [-0.05, 0) is 37.4 Å². The first kappa shape index (κ1) is 19.7. The van der Waals surface area contributed by atoms with E-state index in [0.29, 0.717) is 25.4 Å². The lowest BCUT2D eigenvalue weighted by molar-refractivity contribution is -0.144. The van der Waals surface area contributed by atoms with Crippen molar-refractivity contribution in [1.29, 1.82) is 0 Å². The second-order valence-electron chi connectivity index (χ2n) is 6.09. The van der Waals surface area contributed by atoms with E-state index in [1.165, 1.54) is 11.8 Å². The number of carbonyl (C=O) groups excluding carboxylic acids is 1. The Kier molecular flexibility index (Phi) is 9.43. The number of hydrogen-bond donors (Lipinski definition) is 0. The summed E-state index contributed by atoms with van der Waals surface area (Å²) in [5.74, 6) is -1.54. The number of ether oxygens (including phenoxy) is 1. The molecule has 0 fully saturated rings. The highest BCUT2D eigenvalue weighted by atomic mass is 32.2. The van der Waals surface area contributed by atoms with Crippen LogP contribution in [0.4, 0.5) is 8.78 Å². The van der Waals surface area contributed by atoms with Crippen LogP contribution in [0.2, 0.25) is 0 Å². The van der Waals surface area contributed by atoms with Gasteiger partial charge in [0, 0.05) is 6.42 Å². The minimum absolute atomic E-state index is 0.0856. The van der Waals surface area contributed by atoms with E-state index in [4.69, 9.17) is 4.74 Å². The van der Waals surface area contributed by atoms with Crippen molar-refractivity contribution in [1.82, 2.24) is 0 Å². The maximum atomic E-state index is 12.7. The van der Waals surface area contributed by atoms with Crippen LogP contribution in [0.3, 0.4) is 0 Å². The predicted octanol–water partition coefficient (Wildman–Crippen LogP) is 4.77. The Balaban J connectivity index is 4.00. The van der Waals surface area contributed by atoms with Crippen LogP contribution in [0.25, 0.3) is 0 Å². The third-order valence-corrected chi connectivity index (χ3v) is 4.32. The molecule has 0 aliphatic rings. The van der Waals surface area contributed by atoms with Crippen LogP contribution in [0.5, 0.6) is 0 Å². The Morgan fingerprint density at radius 3 is 2.25 bits per heavy atom. The molecule has 0 heterocycles. The van der Waals surface area contributed by atoms with Gasteiger partial charge in [-0.2, -0.15) is 0 Å². The Hall–Kier alpha value is -0.320. The molecule has 0 bridgehead atoms. The van der Waals surface area contributed by atoms with E-state index >= 15 is 0 Å². The van der Waals surface area contributed by atoms with Gasteiger partial charge in [0.1, 0.15) is 5.25 Å². The first-order chi connectivity index (χ1) is 9.13. The zero-order valence-corrected chi connectivity index (χ0v) is 14.1. The molecule has 0 rings (SSSR count). The van der Waals surface area contributed by atoms with E-state index in [9.17, 15) is 13.6 Å². The molecule has 1 unspecified atom stereocenters. The summed E-state index contributed by atoms with van der Waals surface area (Å²) in [4.78, 5) is 11.9. The van der Waals surface area contributed by atoms with Gasteiger partial charge in [0.05, 0.1) is 6.61 Å². The Bertz CT molecular complexity index is 276. The van der Waals surface area contributed by atoms with E-state index in [1.807, 2.05) is 27.7 Å². The fourth-order valence-electron chi connectivity index (χ4n) is 1.61. The van der Waals surface area contributed by atoms with E-state index in [1.54, 1.807) is 0 Å². The highest BCUT2D eigenvalue weighted by Gasteiger charge is 2.25. The number of esters is 1. The molecule has 120 valence electrons. The quantitative estimate of drug-likeness (QED) is 0.429. The molecular weight excluding hydrogens is 282 g/mol. The molecule has 1 atom stereocenters. The van der Waals surface area contributed by atoms with Gasteiger partial charge in [-0.25, -0.2) is 8.78 Å². The lowest BCUT2D eigenvalue weighted by Gasteiger charge is -2.20. The Morgan fingerprint density at radius 1 is 1.20 bits per heavy atom. The molecule has 0 aromatic carbocycles. The maximum absolute atomic E-state index is 12.7. The summed E-state index contributed by atoms with van der Waals surface area (Å²) in [7, 11) is 0. The van der Waals surface area contributed by atoms with Gasteiger partial charge in [0.2, 0.25) is 5.92 Å². The first-order valence-corrected chi connectivity index (χ1v) is 8.34. The number of halogens is 2. The molecule has 5 heteroatoms. The SMILES string of the molecule is CC(C)COC(=O)C(SCCCCC(C)(F)F)C(C)C. The summed E-state index contributed by atoms with van der Waals surface area (Å²) in [6.07, 6.45) is 1.11. The lowest BCUT2D eigenvalue weighted by atomic mass is 10.1. The molecule has 0 aromatic heterocycles. The van der Waals surface area contributed by atoms with Crippen LogP contribution in [0.1, 0.15) is 53.9 Å². The van der Waals surface area contributed by atoms with Gasteiger partial charge < -0.3 is 4.74 Å². The summed E-state index contributed by atoms with van der Waals surface area (Å²) >= 11 is 1.52. The van der Waals surface area contributed by atoms with Crippen molar-refractivity contribution in [2.24, 2.45) is 11.8 Å². The van der Waals surface area contributed by atoms with Gasteiger partial charge in [0.15, 0.2) is 0 Å². The van der Waals surface area contributed by atoms with Gasteiger partial charge in [-0.3, -0.25) is 4.79 Å². The molecule has 0 aliphatic carbocycles. The second-order valence-corrected chi connectivity index (χ2v) is 7.34. The van der Waals surface area contributed by atoms with E-state index in [-0.39, 0.29) is 23.6 Å². The summed E-state index contributed by atoms with van der Waals surface area (Å²) < 4.78 is 30.6. The van der Waals surface area contributed by atoms with Crippen LogP contribution in [0.15, 0.2) is 0 Å². The van der Waals surface area contributed by atoms with Crippen molar-refractivity contribution in [2.45, 2.75) is 65.1 Å². The van der Waals surface area contributed by atoms with Crippen LogP contribution in [0, 0.1) is 11.8 Å². The number of carbonyl (C=O) groups is 1. The van der Waals surface area contributed by atoms with Crippen molar-refractivity contribution in [2.75, 3.05) is 12.4 Å². The Labute approximate surface area is 126 Å². The predicted molar refractivity (Wildman–Crippen MR) is 81.4 cm³/mol. The van der Waals surface area contributed by atoms with Gasteiger partial charge in [-0.15, -0.1) is 11.8 Å². The number of alkyl halides is 2. The van der Waals surface area contributed by atoms with E-state index < -0.39 is 5.92 Å². The van der Waals surface area contributed by atoms with Crippen LogP contribution in [-0.2, 0) is 9.53 Å². The van der Waals surface area contributed by atoms with E-state index in [0.717, 1.165) is 12.7 Å². The normalized spacial score (nSPS) is 13.8. The molecule has 2 nitrogen and oxygen atoms in total. The zero-order valence-electron chi connectivity index (χ0n) is 13.2. The topological polar surface area (TPSA) is 26.3 Å². The van der Waals surface area contributed by atoms with E-state index in [2.05, 4.69) is 0 Å². The van der Waals surface area contributed by atoms with Gasteiger partial charge in [0.25, 0.3) is 0 Å². The fraction of sp³-hybridized carbons (Fsp3) is 0.933. The average molecular weight is 310 g/mol. The zero-order chi connectivity index (χ0) is 15.8. The summed E-state index contributed by atoms with van der Waals surface area (Å²) in [6, 6.07) is 0. The fourth-order valence-corrected chi connectivity index (χ4v) is 2.83. The Morgan fingerprint density at radius 2 is 1.80 bits per heavy atom. The second kappa shape index (κ2) is 9.59. The third kappa shape index (κ3) is 10.5. The molecule has 0 aromatic rings. The molecular formula is C15H28F2O2S. The van der Waals surface area contributed by atoms with Gasteiger partial charge >= 0.3 is 5.97 Å². The van der Waals surface area contributed by atoms with Crippen molar-refractivity contribution in [3.63, 3.8) is 0 Å². The minimum atomic E-state index is -2.59. The van der Waals surface area contributed by atoms with Crippen molar-refractivity contribution in [3.05, 3.63) is 0 Å². The number of unbranched alkanes of at least 4 members (excludes halogenated alkanes) is 1. The largest absolute Gasteiger partial charge is 0.465 e. The molecule has 20 heavy (non-hydrogen) atoms. The summed E-state index contributed by atoms with van der Waals surface area (Å²) in [5.41, 5.74) is 0. The molecule has 0 spiro atoms. The van der Waals surface area contributed by atoms with Crippen LogP contribution in [-0.4, -0.2) is 29.5 Å². The third-order valence-electron chi connectivity index (χ3n) is 2.70. The summed E-state index contributed by atoms with van der Waals surface area (Å²) in [5, 5.41) is -0.198. The minimum Gasteiger partial charge on any atom is -0.465 e.